The molecule has 0 radical (unpaired) electrons. The topological polar surface area (TPSA) is 87.7 Å². The minimum Gasteiger partial charge on any atom is -0.370 e. The Hall–Kier alpha value is -3.00. The molecule has 0 aliphatic carbocycles. The quantitative estimate of drug-likeness (QED) is 0.639. The number of anilines is 2. The van der Waals surface area contributed by atoms with Gasteiger partial charge in [-0.15, -0.1) is 0 Å². The number of carbonyl (C=O) groups is 2. The van der Waals surface area contributed by atoms with Crippen LogP contribution in [0.4, 0.5) is 11.6 Å². The molecule has 170 valence electrons. The Balaban J connectivity index is 1.29. The van der Waals surface area contributed by atoms with E-state index in [0.717, 1.165) is 55.2 Å². The van der Waals surface area contributed by atoms with Gasteiger partial charge >= 0.3 is 0 Å². The van der Waals surface area contributed by atoms with E-state index in [-0.39, 0.29) is 24.3 Å². The molecular formula is C24H31N5O3. The third-order valence-corrected chi connectivity index (χ3v) is 6.12. The van der Waals surface area contributed by atoms with E-state index in [2.05, 4.69) is 10.3 Å². The highest BCUT2D eigenvalue weighted by Gasteiger charge is 2.26. The van der Waals surface area contributed by atoms with Crippen molar-refractivity contribution in [2.75, 3.05) is 44.7 Å². The van der Waals surface area contributed by atoms with E-state index in [9.17, 15) is 9.59 Å². The summed E-state index contributed by atoms with van der Waals surface area (Å²) in [5.41, 5.74) is 2.04. The number of amides is 2. The Morgan fingerprint density at radius 3 is 2.94 bits per heavy atom. The minimum absolute atomic E-state index is 0.000776. The lowest BCUT2D eigenvalue weighted by molar-refractivity contribution is -0.137. The minimum atomic E-state index is 0.000776. The van der Waals surface area contributed by atoms with Gasteiger partial charge in [0.15, 0.2) is 0 Å². The van der Waals surface area contributed by atoms with E-state index in [1.165, 1.54) is 0 Å². The summed E-state index contributed by atoms with van der Waals surface area (Å²) in [6, 6.07) is 9.87. The maximum Gasteiger partial charge on any atom is 0.248 e. The van der Waals surface area contributed by atoms with Gasteiger partial charge in [0, 0.05) is 50.4 Å². The number of nitrogens with one attached hydrogen (secondary N) is 1. The maximum absolute atomic E-state index is 12.7. The number of hydrogen-bond donors (Lipinski definition) is 1. The van der Waals surface area contributed by atoms with Crippen LogP contribution in [-0.2, 0) is 14.3 Å². The molecule has 8 nitrogen and oxygen atoms in total. The second-order valence-corrected chi connectivity index (χ2v) is 8.46. The number of pyridine rings is 2. The van der Waals surface area contributed by atoms with Crippen molar-refractivity contribution in [3.8, 4) is 0 Å². The first-order chi connectivity index (χ1) is 15.6. The maximum atomic E-state index is 12.7. The normalized spacial score (nSPS) is 18.8. The Labute approximate surface area is 189 Å². The van der Waals surface area contributed by atoms with Crippen LogP contribution in [0.1, 0.15) is 42.9 Å². The van der Waals surface area contributed by atoms with Crippen molar-refractivity contribution in [1.29, 1.82) is 0 Å². The summed E-state index contributed by atoms with van der Waals surface area (Å²) in [7, 11) is 0. The molecule has 0 bridgehead atoms. The van der Waals surface area contributed by atoms with Crippen LogP contribution in [0.15, 0.2) is 36.5 Å². The van der Waals surface area contributed by atoms with Crippen LogP contribution >= 0.6 is 0 Å². The average molecular weight is 438 g/mol. The van der Waals surface area contributed by atoms with Crippen LogP contribution in [0.2, 0.25) is 0 Å². The van der Waals surface area contributed by atoms with Crippen LogP contribution < -0.4 is 5.32 Å². The molecule has 0 spiro atoms. The number of likely N-dealkylation sites (tertiary alicyclic amines) is 2. The summed E-state index contributed by atoms with van der Waals surface area (Å²) in [4.78, 5) is 37.2. The number of ether oxygens (including phenoxy) is 1. The molecule has 2 fully saturated rings. The molecule has 2 aromatic rings. The summed E-state index contributed by atoms with van der Waals surface area (Å²) in [6.07, 6.45) is 5.24. The van der Waals surface area contributed by atoms with Gasteiger partial charge in [0.05, 0.1) is 6.61 Å². The molecule has 32 heavy (non-hydrogen) atoms. The van der Waals surface area contributed by atoms with Gasteiger partial charge in [-0.3, -0.25) is 9.59 Å². The summed E-state index contributed by atoms with van der Waals surface area (Å²) in [5, 5.41) is 3.30. The van der Waals surface area contributed by atoms with Gasteiger partial charge in [-0.2, -0.15) is 0 Å². The van der Waals surface area contributed by atoms with Crippen LogP contribution in [0.5, 0.6) is 0 Å². The number of aromatic nitrogens is 2. The first kappa shape index (κ1) is 22.2. The molecule has 8 heteroatoms. The average Bonchev–Trinajstić information content (AvgIpc) is 3.23. The highest BCUT2D eigenvalue weighted by Crippen LogP contribution is 2.27. The van der Waals surface area contributed by atoms with Gasteiger partial charge in [-0.25, -0.2) is 9.97 Å². The lowest BCUT2D eigenvalue weighted by Gasteiger charge is -2.32. The van der Waals surface area contributed by atoms with Crippen LogP contribution in [0.25, 0.3) is 0 Å². The molecular weight excluding hydrogens is 406 g/mol. The van der Waals surface area contributed by atoms with E-state index < -0.39 is 0 Å². The molecule has 0 saturated carbocycles. The highest BCUT2D eigenvalue weighted by atomic mass is 16.5. The number of nitrogens with zero attached hydrogens (tertiary/aromatic N) is 4. The zero-order valence-corrected chi connectivity index (χ0v) is 18.6. The molecule has 2 amide bonds. The van der Waals surface area contributed by atoms with Gasteiger partial charge in [-0.05, 0) is 49.9 Å². The molecule has 2 saturated heterocycles. The molecule has 2 aliphatic heterocycles. The van der Waals surface area contributed by atoms with Crippen LogP contribution in [0, 0.1) is 6.92 Å². The van der Waals surface area contributed by atoms with E-state index in [1.807, 2.05) is 42.2 Å². The van der Waals surface area contributed by atoms with Crippen molar-refractivity contribution >= 4 is 23.5 Å². The molecule has 0 unspecified atom stereocenters. The molecule has 1 atom stereocenters. The van der Waals surface area contributed by atoms with E-state index >= 15 is 0 Å². The van der Waals surface area contributed by atoms with E-state index in [0.29, 0.717) is 26.1 Å². The van der Waals surface area contributed by atoms with Gasteiger partial charge < -0.3 is 19.9 Å². The Morgan fingerprint density at radius 2 is 2.12 bits per heavy atom. The lowest BCUT2D eigenvalue weighted by Crippen LogP contribution is -2.41. The van der Waals surface area contributed by atoms with Crippen LogP contribution in [-0.4, -0.2) is 71.0 Å². The largest absolute Gasteiger partial charge is 0.370 e. The van der Waals surface area contributed by atoms with Crippen LogP contribution in [0.3, 0.4) is 0 Å². The second kappa shape index (κ2) is 10.5. The third kappa shape index (κ3) is 5.62. The fourth-order valence-electron chi connectivity index (χ4n) is 4.30. The van der Waals surface area contributed by atoms with E-state index in [4.69, 9.17) is 9.72 Å². The van der Waals surface area contributed by atoms with Crippen molar-refractivity contribution in [2.24, 2.45) is 0 Å². The first-order valence-corrected chi connectivity index (χ1v) is 11.4. The number of aryl methyl sites for hydroxylation is 1. The van der Waals surface area contributed by atoms with Crippen molar-refractivity contribution in [3.63, 3.8) is 0 Å². The molecule has 2 aliphatic rings. The zero-order chi connectivity index (χ0) is 22.3. The Morgan fingerprint density at radius 1 is 1.22 bits per heavy atom. The smallest absolute Gasteiger partial charge is 0.248 e. The van der Waals surface area contributed by atoms with Crippen molar-refractivity contribution in [2.45, 2.75) is 38.5 Å². The predicted molar refractivity (Wildman–Crippen MR) is 122 cm³/mol. The van der Waals surface area contributed by atoms with Gasteiger partial charge in [0.1, 0.15) is 18.2 Å². The third-order valence-electron chi connectivity index (χ3n) is 6.12. The highest BCUT2D eigenvalue weighted by molar-refractivity contribution is 5.78. The van der Waals surface area contributed by atoms with Gasteiger partial charge in [0.2, 0.25) is 11.8 Å². The SMILES string of the molecule is Cc1cccnc1Nc1cccc([C@H]2CCCN(C(=O)COCCN3CCCC3=O)C2)n1. The fraction of sp³-hybridized carbons (Fsp3) is 0.500. The summed E-state index contributed by atoms with van der Waals surface area (Å²) >= 11 is 0. The second-order valence-electron chi connectivity index (χ2n) is 8.46. The van der Waals surface area contributed by atoms with Gasteiger partial charge in [-0.1, -0.05) is 12.1 Å². The number of hydrogen-bond acceptors (Lipinski definition) is 6. The molecule has 4 rings (SSSR count). The van der Waals surface area contributed by atoms with Crippen molar-refractivity contribution in [1.82, 2.24) is 19.8 Å². The summed E-state index contributed by atoms with van der Waals surface area (Å²) in [6.45, 7) is 5.22. The molecule has 2 aromatic heterocycles. The number of rotatable bonds is 8. The summed E-state index contributed by atoms with van der Waals surface area (Å²) in [5.74, 6) is 1.93. The van der Waals surface area contributed by atoms with Crippen molar-refractivity contribution in [3.05, 3.63) is 47.8 Å². The molecule has 4 heterocycles. The molecule has 0 aromatic carbocycles. The van der Waals surface area contributed by atoms with Crippen molar-refractivity contribution < 1.29 is 14.3 Å². The number of piperidine rings is 1. The van der Waals surface area contributed by atoms with Gasteiger partial charge in [0.25, 0.3) is 0 Å². The fourth-order valence-corrected chi connectivity index (χ4v) is 4.30. The molecule has 1 N–H and O–H groups in total. The standard InChI is InChI=1S/C24H31N5O3/c1-18-6-3-11-25-24(18)27-21-9-2-8-20(26-21)19-7-4-13-29(16-19)23(31)17-32-15-14-28-12-5-10-22(28)30/h2-3,6,8-9,11,19H,4-5,7,10,12-17H2,1H3,(H,25,26,27)/t19-/m0/s1. The van der Waals surface area contributed by atoms with E-state index in [1.54, 1.807) is 11.1 Å². The Bertz CT molecular complexity index is 951. The lowest BCUT2D eigenvalue weighted by atomic mass is 9.94. The Kier molecular flexibility index (Phi) is 7.32. The number of carbonyl (C=O) groups excluding carboxylic acids is 2. The summed E-state index contributed by atoms with van der Waals surface area (Å²) < 4.78 is 5.58. The monoisotopic (exact) mass is 437 g/mol. The first-order valence-electron chi connectivity index (χ1n) is 11.4. The predicted octanol–water partition coefficient (Wildman–Crippen LogP) is 2.87. The zero-order valence-electron chi connectivity index (χ0n) is 18.6.